The van der Waals surface area contributed by atoms with E-state index in [0.717, 1.165) is 35.5 Å². The van der Waals surface area contributed by atoms with Crippen LogP contribution in [0.2, 0.25) is 10.2 Å². The summed E-state index contributed by atoms with van der Waals surface area (Å²) >= 11 is 12.7. The van der Waals surface area contributed by atoms with Crippen LogP contribution in [0.5, 0.6) is 5.75 Å². The molecule has 2 nitrogen and oxygen atoms in total. The van der Waals surface area contributed by atoms with Crippen LogP contribution in [-0.2, 0) is 19.6 Å². The van der Waals surface area contributed by atoms with Crippen LogP contribution in [0.15, 0.2) is 54.6 Å². The van der Waals surface area contributed by atoms with Crippen molar-refractivity contribution >= 4 is 23.2 Å². The number of hydrogen-bond donors (Lipinski definition) is 0. The number of aryl methyl sites for hydroxylation is 1. The first-order valence-electron chi connectivity index (χ1n) is 8.32. The van der Waals surface area contributed by atoms with E-state index in [4.69, 9.17) is 27.9 Å². The third-order valence-corrected chi connectivity index (χ3v) is 5.38. The molecule has 0 N–H and O–H groups in total. The van der Waals surface area contributed by atoms with Crippen molar-refractivity contribution in [3.63, 3.8) is 0 Å². The van der Waals surface area contributed by atoms with Crippen molar-refractivity contribution in [2.24, 2.45) is 0 Å². The molecule has 0 aliphatic carbocycles. The van der Waals surface area contributed by atoms with Gasteiger partial charge in [-0.25, -0.2) is 0 Å². The average Bonchev–Trinajstić information content (AvgIpc) is 2.64. The van der Waals surface area contributed by atoms with Gasteiger partial charge in [0.25, 0.3) is 5.15 Å². The highest BCUT2D eigenvalue weighted by molar-refractivity contribution is 6.34. The summed E-state index contributed by atoms with van der Waals surface area (Å²) in [5, 5.41) is 1.38. The number of nitrogens with zero attached hydrogens (tertiary/aromatic N) is 1. The Hall–Kier alpha value is -2.03. The fraction of sp³-hybridized carbons (Fsp3) is 0.190. The van der Waals surface area contributed by atoms with Crippen LogP contribution in [0.1, 0.15) is 16.7 Å². The van der Waals surface area contributed by atoms with Crippen molar-refractivity contribution in [3.05, 3.63) is 81.5 Å². The van der Waals surface area contributed by atoms with Crippen LogP contribution in [0.25, 0.3) is 11.3 Å². The Bertz CT molecular complexity index is 938. The zero-order valence-electron chi connectivity index (χ0n) is 13.9. The second kappa shape index (κ2) is 6.70. The van der Waals surface area contributed by atoms with E-state index in [9.17, 15) is 0 Å². The molecule has 0 saturated carbocycles. The Kier molecular flexibility index (Phi) is 4.41. The second-order valence-electron chi connectivity index (χ2n) is 6.28. The minimum absolute atomic E-state index is 0.571. The molecule has 0 spiro atoms. The smallest absolute Gasteiger partial charge is 0.276 e. The molecular weight excluding hydrogens is 353 g/mol. The van der Waals surface area contributed by atoms with E-state index >= 15 is 0 Å². The fourth-order valence-corrected chi connectivity index (χ4v) is 3.88. The minimum atomic E-state index is 0.571. The molecule has 1 aliphatic heterocycles. The van der Waals surface area contributed by atoms with Crippen LogP contribution in [-0.4, -0.2) is 0 Å². The highest BCUT2D eigenvalue weighted by atomic mass is 35.5. The summed E-state index contributed by atoms with van der Waals surface area (Å²) in [5.41, 5.74) is 5.78. The molecule has 4 heteroatoms. The number of hydrogen-bond acceptors (Lipinski definition) is 1. The van der Waals surface area contributed by atoms with Gasteiger partial charge in [-0.3, -0.25) is 0 Å². The predicted octanol–water partition coefficient (Wildman–Crippen LogP) is 5.39. The molecule has 0 saturated heterocycles. The van der Waals surface area contributed by atoms with Crippen molar-refractivity contribution in [1.82, 2.24) is 0 Å². The first-order chi connectivity index (χ1) is 12.1. The van der Waals surface area contributed by atoms with Gasteiger partial charge in [0.05, 0.1) is 10.6 Å². The summed E-state index contributed by atoms with van der Waals surface area (Å²) in [6.07, 6.45) is 0.927. The van der Waals surface area contributed by atoms with E-state index in [1.807, 2.05) is 37.3 Å². The van der Waals surface area contributed by atoms with E-state index < -0.39 is 0 Å². The van der Waals surface area contributed by atoms with Crippen LogP contribution in [0.3, 0.4) is 0 Å². The van der Waals surface area contributed by atoms with Crippen molar-refractivity contribution in [3.8, 4) is 17.0 Å². The third kappa shape index (κ3) is 3.12. The Balaban J connectivity index is 1.66. The molecule has 3 aromatic rings. The van der Waals surface area contributed by atoms with Gasteiger partial charge >= 0.3 is 0 Å². The Morgan fingerprint density at radius 2 is 1.84 bits per heavy atom. The molecule has 2 heterocycles. The van der Waals surface area contributed by atoms with E-state index in [1.165, 1.54) is 11.1 Å². The van der Waals surface area contributed by atoms with Crippen LogP contribution < -0.4 is 9.30 Å². The number of ether oxygens (including phenoxy) is 1. The molecule has 4 rings (SSSR count). The first-order valence-corrected chi connectivity index (χ1v) is 9.07. The first kappa shape index (κ1) is 16.4. The molecule has 0 radical (unpaired) electrons. The Morgan fingerprint density at radius 3 is 2.64 bits per heavy atom. The molecule has 25 heavy (non-hydrogen) atoms. The van der Waals surface area contributed by atoms with Crippen molar-refractivity contribution in [2.75, 3.05) is 0 Å². The summed E-state index contributed by atoms with van der Waals surface area (Å²) in [4.78, 5) is 0. The normalized spacial score (nSPS) is 12.4. The summed E-state index contributed by atoms with van der Waals surface area (Å²) in [6.45, 7) is 3.46. The molecule has 126 valence electrons. The lowest BCUT2D eigenvalue weighted by Crippen LogP contribution is -2.42. The standard InChI is InChI=1S/C21H18Cl2NO/c1-14-19(22)12-20(23)24-10-9-16-11-17(7-8-18(16)21(14)24)25-13-15-5-3-2-4-6-15/h2-8,11-12H,9-10,13H2,1H3/q+1. The van der Waals surface area contributed by atoms with Gasteiger partial charge in [0.1, 0.15) is 12.4 Å². The highest BCUT2D eigenvalue weighted by Gasteiger charge is 2.29. The topological polar surface area (TPSA) is 13.1 Å². The molecule has 0 atom stereocenters. The summed E-state index contributed by atoms with van der Waals surface area (Å²) < 4.78 is 8.10. The molecular formula is C21H18Cl2NO+. The predicted molar refractivity (Wildman–Crippen MR) is 101 cm³/mol. The van der Waals surface area contributed by atoms with Gasteiger partial charge in [-0.1, -0.05) is 41.9 Å². The monoisotopic (exact) mass is 370 g/mol. The fourth-order valence-electron chi connectivity index (χ4n) is 3.35. The third-order valence-electron chi connectivity index (χ3n) is 4.67. The van der Waals surface area contributed by atoms with Gasteiger partial charge in [-0.2, -0.15) is 4.57 Å². The van der Waals surface area contributed by atoms with Crippen LogP contribution in [0, 0.1) is 6.92 Å². The average molecular weight is 371 g/mol. The summed E-state index contributed by atoms with van der Waals surface area (Å²) in [6, 6.07) is 18.3. The number of fused-ring (bicyclic) bond motifs is 3. The number of rotatable bonds is 3. The molecule has 0 fully saturated rings. The maximum atomic E-state index is 6.39. The molecule has 0 amide bonds. The van der Waals surface area contributed by atoms with E-state index in [1.54, 1.807) is 0 Å². The molecule has 1 aromatic heterocycles. The quantitative estimate of drug-likeness (QED) is 0.444. The zero-order valence-corrected chi connectivity index (χ0v) is 15.4. The van der Waals surface area contributed by atoms with Gasteiger partial charge in [-0.05, 0) is 47.9 Å². The lowest BCUT2D eigenvalue weighted by atomic mass is 9.94. The van der Waals surface area contributed by atoms with E-state index in [-0.39, 0.29) is 0 Å². The number of pyridine rings is 1. The van der Waals surface area contributed by atoms with Crippen molar-refractivity contribution < 1.29 is 9.30 Å². The maximum Gasteiger partial charge on any atom is 0.276 e. The van der Waals surface area contributed by atoms with Crippen LogP contribution in [0.4, 0.5) is 0 Å². The minimum Gasteiger partial charge on any atom is -0.489 e. The summed E-state index contributed by atoms with van der Waals surface area (Å²) in [7, 11) is 0. The van der Waals surface area contributed by atoms with Gasteiger partial charge in [0.2, 0.25) is 5.69 Å². The highest BCUT2D eigenvalue weighted by Crippen LogP contribution is 2.34. The second-order valence-corrected chi connectivity index (χ2v) is 7.08. The number of halogens is 2. The Morgan fingerprint density at radius 1 is 1.04 bits per heavy atom. The SMILES string of the molecule is Cc1c(Cl)cc(Cl)[n+]2c1-c1ccc(OCc3ccccc3)cc1CC2. The maximum absolute atomic E-state index is 6.39. The van der Waals surface area contributed by atoms with E-state index in [2.05, 4.69) is 28.8 Å². The lowest BCUT2D eigenvalue weighted by molar-refractivity contribution is -0.685. The molecule has 2 aromatic carbocycles. The molecule has 0 bridgehead atoms. The van der Waals surface area contributed by atoms with E-state index in [0.29, 0.717) is 16.8 Å². The molecule has 1 aliphatic rings. The number of benzene rings is 2. The van der Waals surface area contributed by atoms with Gasteiger partial charge in [-0.15, -0.1) is 0 Å². The van der Waals surface area contributed by atoms with Gasteiger partial charge in [0.15, 0.2) is 6.54 Å². The molecule has 0 unspecified atom stereocenters. The van der Waals surface area contributed by atoms with Gasteiger partial charge in [0, 0.05) is 18.1 Å². The van der Waals surface area contributed by atoms with Gasteiger partial charge < -0.3 is 4.74 Å². The summed E-state index contributed by atoms with van der Waals surface area (Å²) in [5.74, 6) is 0.891. The van der Waals surface area contributed by atoms with Crippen molar-refractivity contribution in [1.29, 1.82) is 0 Å². The van der Waals surface area contributed by atoms with Crippen molar-refractivity contribution in [2.45, 2.75) is 26.5 Å². The van der Waals surface area contributed by atoms with Crippen LogP contribution >= 0.6 is 23.2 Å². The number of aromatic nitrogens is 1. The largest absolute Gasteiger partial charge is 0.489 e. The zero-order chi connectivity index (χ0) is 17.4. The lowest BCUT2D eigenvalue weighted by Gasteiger charge is -2.19. The Labute approximate surface area is 157 Å².